The van der Waals surface area contributed by atoms with Gasteiger partial charge < -0.3 is 15.5 Å². The number of hydrogen-bond acceptors (Lipinski definition) is 8. The van der Waals surface area contributed by atoms with E-state index in [9.17, 15) is 4.79 Å². The minimum Gasteiger partial charge on any atom is -0.480 e. The molecule has 0 aliphatic carbocycles. The fourth-order valence-corrected chi connectivity index (χ4v) is 4.12. The second-order valence-electron chi connectivity index (χ2n) is 6.45. The highest BCUT2D eigenvalue weighted by molar-refractivity contribution is 9.10. The van der Waals surface area contributed by atoms with E-state index in [1.165, 1.54) is 23.9 Å². The lowest BCUT2D eigenvalue weighted by Crippen LogP contribution is -2.22. The van der Waals surface area contributed by atoms with Crippen molar-refractivity contribution in [2.75, 3.05) is 11.9 Å². The van der Waals surface area contributed by atoms with Gasteiger partial charge in [0.1, 0.15) is 11.2 Å². The number of hydrogen-bond donors (Lipinski definition) is 3. The number of fused-ring (bicyclic) bond motifs is 1. The summed E-state index contributed by atoms with van der Waals surface area (Å²) in [7, 11) is 0. The van der Waals surface area contributed by atoms with Crippen molar-refractivity contribution in [1.29, 1.82) is 0 Å². The predicted octanol–water partition coefficient (Wildman–Crippen LogP) is 4.12. The number of carbonyl (C=O) groups is 1. The average Bonchev–Trinajstić information content (AvgIpc) is 3.18. The van der Waals surface area contributed by atoms with Crippen LogP contribution in [0.25, 0.3) is 21.5 Å². The summed E-state index contributed by atoms with van der Waals surface area (Å²) in [4.78, 5) is 24.2. The summed E-state index contributed by atoms with van der Waals surface area (Å²) < 4.78 is 5.33. The van der Waals surface area contributed by atoms with Crippen molar-refractivity contribution < 1.29 is 15.0 Å². The molecule has 2 heterocycles. The van der Waals surface area contributed by atoms with Crippen LogP contribution in [0.1, 0.15) is 5.69 Å². The van der Waals surface area contributed by atoms with Crippen molar-refractivity contribution in [2.24, 2.45) is 4.99 Å². The number of aliphatic hydroxyl groups is 1. The number of carboxylic acids is 1. The summed E-state index contributed by atoms with van der Waals surface area (Å²) in [6.45, 7) is -0.590. The number of rotatable bonds is 7. The highest BCUT2D eigenvalue weighted by atomic mass is 79.9. The quantitative estimate of drug-likeness (QED) is 0.328. The van der Waals surface area contributed by atoms with Gasteiger partial charge in [0.2, 0.25) is 0 Å². The maximum Gasteiger partial charge on any atom is 0.330 e. The van der Waals surface area contributed by atoms with E-state index in [-0.39, 0.29) is 0 Å². The molecule has 0 unspecified atom stereocenters. The fraction of sp³-hybridized carbons (Fsp3) is 0.0952. The van der Waals surface area contributed by atoms with Gasteiger partial charge in [0.25, 0.3) is 0 Å². The van der Waals surface area contributed by atoms with Crippen LogP contribution in [0.15, 0.2) is 64.2 Å². The van der Waals surface area contributed by atoms with E-state index in [1.54, 1.807) is 0 Å². The lowest BCUT2D eigenvalue weighted by atomic mass is 10.1. The Morgan fingerprint density at radius 2 is 2.03 bits per heavy atom. The van der Waals surface area contributed by atoms with E-state index < -0.39 is 18.6 Å². The molecule has 10 heteroatoms. The number of aliphatic carboxylic acids is 1. The van der Waals surface area contributed by atoms with Crippen molar-refractivity contribution in [3.63, 3.8) is 0 Å². The molecule has 4 rings (SSSR count). The van der Waals surface area contributed by atoms with Crippen molar-refractivity contribution in [3.05, 3.63) is 64.9 Å². The molecule has 0 fully saturated rings. The van der Waals surface area contributed by atoms with E-state index in [0.29, 0.717) is 21.9 Å². The van der Waals surface area contributed by atoms with Crippen LogP contribution in [0, 0.1) is 0 Å². The third-order valence-electron chi connectivity index (χ3n) is 4.39. The molecule has 0 bridgehead atoms. The van der Waals surface area contributed by atoms with Gasteiger partial charge in [0.05, 0.1) is 18.5 Å². The Bertz CT molecular complexity index is 1260. The maximum atomic E-state index is 11.0. The molecule has 2 aromatic heterocycles. The van der Waals surface area contributed by atoms with Crippen LogP contribution < -0.4 is 5.32 Å². The molecular weight excluding hydrogens is 482 g/mol. The van der Waals surface area contributed by atoms with Crippen LogP contribution in [0.5, 0.6) is 0 Å². The zero-order valence-electron chi connectivity index (χ0n) is 15.9. The van der Waals surface area contributed by atoms with Gasteiger partial charge in [-0.3, -0.25) is 4.99 Å². The van der Waals surface area contributed by atoms with Gasteiger partial charge in [0.15, 0.2) is 16.7 Å². The predicted molar refractivity (Wildman–Crippen MR) is 124 cm³/mol. The van der Waals surface area contributed by atoms with Crippen molar-refractivity contribution >= 4 is 61.5 Å². The molecule has 0 aliphatic rings. The molecule has 0 aliphatic heterocycles. The molecule has 156 valence electrons. The first-order chi connectivity index (χ1) is 15.1. The third kappa shape index (κ3) is 4.61. The van der Waals surface area contributed by atoms with Crippen LogP contribution in [0.2, 0.25) is 0 Å². The van der Waals surface area contributed by atoms with Crippen LogP contribution in [-0.2, 0) is 4.79 Å². The van der Waals surface area contributed by atoms with E-state index in [4.69, 9.17) is 10.2 Å². The summed E-state index contributed by atoms with van der Waals surface area (Å²) in [6.07, 6.45) is 2.77. The molecule has 0 saturated carbocycles. The molecule has 0 amide bonds. The number of benzene rings is 2. The number of aromatic nitrogens is 3. The Labute approximate surface area is 189 Å². The van der Waals surface area contributed by atoms with Crippen LogP contribution in [0.4, 0.5) is 11.5 Å². The van der Waals surface area contributed by atoms with Crippen molar-refractivity contribution in [2.45, 2.75) is 6.04 Å². The van der Waals surface area contributed by atoms with Crippen LogP contribution >= 0.6 is 27.5 Å². The normalized spacial score (nSPS) is 12.3. The van der Waals surface area contributed by atoms with Crippen LogP contribution in [-0.4, -0.2) is 49.4 Å². The Morgan fingerprint density at radius 3 is 2.77 bits per heavy atom. The van der Waals surface area contributed by atoms with Gasteiger partial charge in [-0.15, -0.1) is 0 Å². The number of carboxylic acid groups (broad SMARTS) is 1. The Morgan fingerprint density at radius 1 is 1.23 bits per heavy atom. The number of anilines is 2. The first kappa shape index (κ1) is 21.0. The van der Waals surface area contributed by atoms with Gasteiger partial charge in [-0.2, -0.15) is 4.37 Å². The van der Waals surface area contributed by atoms with Crippen molar-refractivity contribution in [3.8, 4) is 11.1 Å². The van der Waals surface area contributed by atoms with Gasteiger partial charge in [-0.1, -0.05) is 42.5 Å². The van der Waals surface area contributed by atoms with Gasteiger partial charge >= 0.3 is 5.97 Å². The maximum absolute atomic E-state index is 11.0. The average molecular weight is 498 g/mol. The first-order valence-electron chi connectivity index (χ1n) is 9.17. The zero-order valence-corrected chi connectivity index (χ0v) is 18.3. The lowest BCUT2D eigenvalue weighted by Gasteiger charge is -2.11. The summed E-state index contributed by atoms with van der Waals surface area (Å²) >= 11 is 4.85. The van der Waals surface area contributed by atoms with E-state index in [2.05, 4.69) is 40.6 Å². The smallest absolute Gasteiger partial charge is 0.330 e. The number of aliphatic imine (C=N–C) groups is 1. The summed E-state index contributed by atoms with van der Waals surface area (Å²) in [5.74, 6) is -0.638. The summed E-state index contributed by atoms with van der Waals surface area (Å²) in [5.41, 5.74) is 3.96. The molecule has 0 spiro atoms. The molecule has 8 nitrogen and oxygen atoms in total. The highest BCUT2D eigenvalue weighted by Gasteiger charge is 2.15. The molecule has 4 aromatic rings. The van der Waals surface area contributed by atoms with Crippen LogP contribution in [0.3, 0.4) is 0 Å². The number of aliphatic hydroxyl groups excluding tert-OH is 1. The Kier molecular flexibility index (Phi) is 6.31. The van der Waals surface area contributed by atoms with Gasteiger partial charge in [-0.25, -0.2) is 14.8 Å². The highest BCUT2D eigenvalue weighted by Crippen LogP contribution is 2.36. The topological polar surface area (TPSA) is 121 Å². The molecule has 31 heavy (non-hydrogen) atoms. The van der Waals surface area contributed by atoms with Crippen molar-refractivity contribution in [1.82, 2.24) is 14.3 Å². The SMILES string of the molecule is O=C(O)[C@H](CO)N=Cc1cnc2c(Nc3cccc(-c4ccccc4)c3Br)nsc2n1. The first-order valence-corrected chi connectivity index (χ1v) is 10.7. The second-order valence-corrected chi connectivity index (χ2v) is 8.00. The van der Waals surface area contributed by atoms with E-state index >= 15 is 0 Å². The largest absolute Gasteiger partial charge is 0.480 e. The number of nitrogens with zero attached hydrogens (tertiary/aromatic N) is 4. The summed E-state index contributed by atoms with van der Waals surface area (Å²) in [6, 6.07) is 14.8. The minimum absolute atomic E-state index is 0.384. The van der Waals surface area contributed by atoms with Gasteiger partial charge in [-0.05, 0) is 44.7 Å². The fourth-order valence-electron chi connectivity index (χ4n) is 2.84. The standard InChI is InChI=1S/C21H16BrN5O3S/c22-17-14(12-5-2-1-3-6-12)7-4-8-15(17)26-19-18-20(31-27-19)25-13(10-24-18)9-23-16(11-28)21(29)30/h1-10,16,28H,11H2,(H,26,27)(H,29,30)/t16-/m0/s1. The van der Waals surface area contributed by atoms with E-state index in [1.807, 2.05) is 48.5 Å². The second kappa shape index (κ2) is 9.29. The lowest BCUT2D eigenvalue weighted by molar-refractivity contribution is -0.139. The van der Waals surface area contributed by atoms with E-state index in [0.717, 1.165) is 21.3 Å². The number of halogens is 1. The third-order valence-corrected chi connectivity index (χ3v) is 5.97. The molecule has 0 radical (unpaired) electrons. The molecular formula is C21H16BrN5O3S. The molecule has 3 N–H and O–H groups in total. The monoisotopic (exact) mass is 497 g/mol. The Balaban J connectivity index is 1.61. The summed E-state index contributed by atoms with van der Waals surface area (Å²) in [5, 5.41) is 21.3. The zero-order chi connectivity index (χ0) is 21.8. The minimum atomic E-state index is -1.23. The Hall–Kier alpha value is -3.21. The molecule has 1 atom stereocenters. The number of nitrogens with one attached hydrogen (secondary N) is 1. The molecule has 0 saturated heterocycles. The molecule has 2 aromatic carbocycles. The van der Waals surface area contributed by atoms with Gasteiger partial charge in [0, 0.05) is 10.7 Å².